The highest BCUT2D eigenvalue weighted by Gasteiger charge is 2.28. The third kappa shape index (κ3) is 4.21. The highest BCUT2D eigenvalue weighted by Crippen LogP contribution is 2.29. The molecule has 25 heavy (non-hydrogen) atoms. The molecule has 0 aliphatic heterocycles. The number of hydrogen-bond acceptors (Lipinski definition) is 5. The summed E-state index contributed by atoms with van der Waals surface area (Å²) in [5.41, 5.74) is 2.02. The number of aryl methyl sites for hydroxylation is 1. The van der Waals surface area contributed by atoms with Crippen LogP contribution in [0.4, 0.5) is 0 Å². The van der Waals surface area contributed by atoms with Gasteiger partial charge < -0.3 is 5.32 Å². The Morgan fingerprint density at radius 1 is 1.32 bits per heavy atom. The van der Waals surface area contributed by atoms with Gasteiger partial charge in [0.25, 0.3) is 0 Å². The quantitative estimate of drug-likeness (QED) is 0.831. The van der Waals surface area contributed by atoms with E-state index in [0.717, 1.165) is 17.7 Å². The van der Waals surface area contributed by atoms with Crippen LogP contribution in [0.1, 0.15) is 38.7 Å². The minimum Gasteiger partial charge on any atom is -0.352 e. The fourth-order valence-corrected chi connectivity index (χ4v) is 4.08. The highest BCUT2D eigenvalue weighted by molar-refractivity contribution is 7.99. The van der Waals surface area contributed by atoms with Gasteiger partial charge in [-0.1, -0.05) is 56.7 Å². The normalized spacial score (nSPS) is 23.4. The van der Waals surface area contributed by atoms with Gasteiger partial charge in [-0.25, -0.2) is 0 Å². The monoisotopic (exact) mass is 359 g/mol. The van der Waals surface area contributed by atoms with Crippen LogP contribution in [0.2, 0.25) is 0 Å². The van der Waals surface area contributed by atoms with Crippen molar-refractivity contribution in [1.82, 2.24) is 25.5 Å². The van der Waals surface area contributed by atoms with Crippen LogP contribution >= 0.6 is 11.8 Å². The predicted molar refractivity (Wildman–Crippen MR) is 98.7 cm³/mol. The third-order valence-electron chi connectivity index (χ3n) is 5.17. The van der Waals surface area contributed by atoms with E-state index in [1.54, 1.807) is 4.68 Å². The molecule has 2 aromatic rings. The Kier molecular flexibility index (Phi) is 5.73. The van der Waals surface area contributed by atoms with Gasteiger partial charge in [0.15, 0.2) is 0 Å². The first-order valence-electron chi connectivity index (χ1n) is 8.83. The molecule has 1 N–H and O–H groups in total. The van der Waals surface area contributed by atoms with Crippen molar-refractivity contribution in [2.75, 3.05) is 5.75 Å². The van der Waals surface area contributed by atoms with Crippen molar-refractivity contribution >= 4 is 17.7 Å². The molecule has 1 aromatic heterocycles. The molecule has 1 aromatic carbocycles. The van der Waals surface area contributed by atoms with Crippen LogP contribution in [0.15, 0.2) is 29.4 Å². The lowest BCUT2D eigenvalue weighted by molar-refractivity contribution is -0.120. The Bertz CT molecular complexity index is 732. The second-order valence-corrected chi connectivity index (χ2v) is 7.83. The van der Waals surface area contributed by atoms with Crippen LogP contribution in [-0.4, -0.2) is 37.9 Å². The maximum Gasteiger partial charge on any atom is 0.230 e. The number of nitrogens with zero attached hydrogens (tertiary/aromatic N) is 4. The average Bonchev–Trinajstić information content (AvgIpc) is 3.06. The molecule has 0 saturated heterocycles. The summed E-state index contributed by atoms with van der Waals surface area (Å²) in [5.74, 6) is 1.57. The van der Waals surface area contributed by atoms with E-state index in [1.807, 2.05) is 31.2 Å². The zero-order valence-corrected chi connectivity index (χ0v) is 15.8. The number of thioether (sulfide) groups is 1. The number of hydrogen-bond donors (Lipinski definition) is 1. The van der Waals surface area contributed by atoms with Crippen molar-refractivity contribution in [2.24, 2.45) is 11.8 Å². The van der Waals surface area contributed by atoms with Crippen molar-refractivity contribution in [3.8, 4) is 5.69 Å². The zero-order valence-electron chi connectivity index (χ0n) is 15.0. The largest absolute Gasteiger partial charge is 0.352 e. The van der Waals surface area contributed by atoms with Gasteiger partial charge >= 0.3 is 0 Å². The standard InChI is InChI=1S/C18H25N5OS/c1-12-8-6-9-15(14(12)3)19-17(24)11-25-18-20-21-22-23(18)16-10-5-4-7-13(16)2/h4-5,7,10,12,14-15H,6,8-9,11H2,1-3H3,(H,19,24)/t12-,14+,15-/m1/s1. The first-order valence-corrected chi connectivity index (χ1v) is 9.81. The summed E-state index contributed by atoms with van der Waals surface area (Å²) in [6, 6.07) is 8.21. The summed E-state index contributed by atoms with van der Waals surface area (Å²) in [7, 11) is 0. The van der Waals surface area contributed by atoms with E-state index >= 15 is 0 Å². The first kappa shape index (κ1) is 17.9. The summed E-state index contributed by atoms with van der Waals surface area (Å²) in [4.78, 5) is 12.4. The first-order chi connectivity index (χ1) is 12.1. The van der Waals surface area contributed by atoms with Crippen LogP contribution in [0, 0.1) is 18.8 Å². The molecule has 134 valence electrons. The second kappa shape index (κ2) is 7.99. The van der Waals surface area contributed by atoms with Crippen LogP contribution in [0.5, 0.6) is 0 Å². The van der Waals surface area contributed by atoms with E-state index in [9.17, 15) is 4.79 Å². The Labute approximate surface area is 152 Å². The maximum absolute atomic E-state index is 12.4. The Morgan fingerprint density at radius 2 is 2.12 bits per heavy atom. The molecular formula is C18H25N5OS. The number of para-hydroxylation sites is 1. The van der Waals surface area contributed by atoms with Gasteiger partial charge in [-0.3, -0.25) is 4.79 Å². The number of carbonyl (C=O) groups excluding carboxylic acids is 1. The van der Waals surface area contributed by atoms with Crippen molar-refractivity contribution < 1.29 is 4.79 Å². The molecule has 0 radical (unpaired) electrons. The van der Waals surface area contributed by atoms with E-state index in [0.29, 0.717) is 22.7 Å². The van der Waals surface area contributed by atoms with Crippen molar-refractivity contribution in [3.05, 3.63) is 29.8 Å². The number of carbonyl (C=O) groups is 1. The molecule has 3 rings (SSSR count). The predicted octanol–water partition coefficient (Wildman–Crippen LogP) is 3.00. The zero-order chi connectivity index (χ0) is 17.8. The number of benzene rings is 1. The number of rotatable bonds is 5. The number of amides is 1. The van der Waals surface area contributed by atoms with Crippen LogP contribution in [0.3, 0.4) is 0 Å². The molecule has 3 atom stereocenters. The molecule has 1 aliphatic carbocycles. The van der Waals surface area contributed by atoms with E-state index in [-0.39, 0.29) is 11.9 Å². The average molecular weight is 359 g/mol. The molecule has 7 heteroatoms. The lowest BCUT2D eigenvalue weighted by Crippen LogP contribution is -2.44. The van der Waals surface area contributed by atoms with E-state index < -0.39 is 0 Å². The fourth-order valence-electron chi connectivity index (χ4n) is 3.39. The lowest BCUT2D eigenvalue weighted by atomic mass is 9.78. The molecule has 0 bridgehead atoms. The molecule has 0 spiro atoms. The summed E-state index contributed by atoms with van der Waals surface area (Å²) in [5, 5.41) is 15.7. The number of nitrogens with one attached hydrogen (secondary N) is 1. The summed E-state index contributed by atoms with van der Waals surface area (Å²) in [6.07, 6.45) is 3.52. The van der Waals surface area contributed by atoms with Gasteiger partial charge in [-0.05, 0) is 47.2 Å². The smallest absolute Gasteiger partial charge is 0.230 e. The highest BCUT2D eigenvalue weighted by atomic mass is 32.2. The molecule has 1 saturated carbocycles. The third-order valence-corrected chi connectivity index (χ3v) is 6.09. The SMILES string of the molecule is Cc1ccccc1-n1nnnc1SCC(=O)N[C@@H]1CCC[C@@H](C)[C@@H]1C. The van der Waals surface area contributed by atoms with Gasteiger partial charge in [0.05, 0.1) is 11.4 Å². The molecule has 1 amide bonds. The van der Waals surface area contributed by atoms with Crippen molar-refractivity contribution in [1.29, 1.82) is 0 Å². The summed E-state index contributed by atoms with van der Waals surface area (Å²) >= 11 is 1.37. The maximum atomic E-state index is 12.4. The second-order valence-electron chi connectivity index (χ2n) is 6.89. The van der Waals surface area contributed by atoms with Gasteiger partial charge in [0.2, 0.25) is 11.1 Å². The molecule has 1 heterocycles. The molecule has 1 aliphatic rings. The summed E-state index contributed by atoms with van der Waals surface area (Å²) < 4.78 is 1.69. The number of tetrazole rings is 1. The van der Waals surface area contributed by atoms with Crippen LogP contribution in [0.25, 0.3) is 5.69 Å². The van der Waals surface area contributed by atoms with Crippen LogP contribution in [-0.2, 0) is 4.79 Å². The Hall–Kier alpha value is -1.89. The topological polar surface area (TPSA) is 72.7 Å². The minimum absolute atomic E-state index is 0.0512. The van der Waals surface area contributed by atoms with Gasteiger partial charge in [-0.2, -0.15) is 4.68 Å². The molecule has 0 unspecified atom stereocenters. The van der Waals surface area contributed by atoms with Crippen LogP contribution < -0.4 is 5.32 Å². The van der Waals surface area contributed by atoms with E-state index in [2.05, 4.69) is 34.7 Å². The van der Waals surface area contributed by atoms with E-state index in [1.165, 1.54) is 24.6 Å². The fraction of sp³-hybridized carbons (Fsp3) is 0.556. The summed E-state index contributed by atoms with van der Waals surface area (Å²) in [6.45, 7) is 6.53. The van der Waals surface area contributed by atoms with E-state index in [4.69, 9.17) is 0 Å². The Morgan fingerprint density at radius 3 is 2.92 bits per heavy atom. The number of aromatic nitrogens is 4. The molecule has 6 nitrogen and oxygen atoms in total. The minimum atomic E-state index is 0.0512. The van der Waals surface area contributed by atoms with Crippen molar-refractivity contribution in [2.45, 2.75) is 51.2 Å². The molecular weight excluding hydrogens is 334 g/mol. The van der Waals surface area contributed by atoms with Gasteiger partial charge in [-0.15, -0.1) is 5.10 Å². The molecule has 1 fully saturated rings. The van der Waals surface area contributed by atoms with Crippen molar-refractivity contribution in [3.63, 3.8) is 0 Å². The van der Waals surface area contributed by atoms with Gasteiger partial charge in [0.1, 0.15) is 0 Å². The lowest BCUT2D eigenvalue weighted by Gasteiger charge is -2.34. The Balaban J connectivity index is 1.60. The van der Waals surface area contributed by atoms with Gasteiger partial charge in [0, 0.05) is 6.04 Å².